The third kappa shape index (κ3) is 5.19. The first-order valence-electron chi connectivity index (χ1n) is 14.0. The minimum absolute atomic E-state index is 0.0972. The molecule has 0 radical (unpaired) electrons. The number of phenolic OH excluding ortho intramolecular Hbond substituents is 1. The molecule has 1 saturated heterocycles. The summed E-state index contributed by atoms with van der Waals surface area (Å²) in [6.07, 6.45) is 8.09. The standard InChI is InChI=1S/C32H32F3N5O3/c1-5-19-8-6-9-20-12-21(41)13-22(24(19)20)26-25(33)27-23(14-36-26)28(40-11-7-10-30(2,42)16-40)38-29(37-27)43-18-31(17-39(3)4)15-32(31,34)35/h1,6,8-9,12-14,41-42H,7,10-11,15-18H2,2-4H3/t30-,31-/m1/s1. The molecule has 2 atom stereocenters. The van der Waals surface area contributed by atoms with Crippen molar-refractivity contribution in [3.05, 3.63) is 47.9 Å². The van der Waals surface area contributed by atoms with Gasteiger partial charge < -0.3 is 24.7 Å². The Labute approximate surface area is 247 Å². The van der Waals surface area contributed by atoms with E-state index in [0.29, 0.717) is 35.7 Å². The number of rotatable bonds is 7. The number of β-amino-alcohol motifs (C(OH)–C–C–N with tert-alkyl or cyclic N) is 1. The van der Waals surface area contributed by atoms with E-state index in [1.54, 1.807) is 44.1 Å². The molecule has 0 spiro atoms. The van der Waals surface area contributed by atoms with E-state index in [0.717, 1.165) is 0 Å². The van der Waals surface area contributed by atoms with Crippen LogP contribution in [0.3, 0.4) is 0 Å². The fourth-order valence-electron chi connectivity index (χ4n) is 6.20. The highest BCUT2D eigenvalue weighted by Gasteiger charge is 2.71. The van der Waals surface area contributed by atoms with Gasteiger partial charge in [-0.25, -0.2) is 13.2 Å². The van der Waals surface area contributed by atoms with Gasteiger partial charge in [0.2, 0.25) is 0 Å². The number of fused-ring (bicyclic) bond motifs is 2. The van der Waals surface area contributed by atoms with Crippen molar-refractivity contribution in [2.75, 3.05) is 45.2 Å². The lowest BCUT2D eigenvalue weighted by Crippen LogP contribution is -2.46. The van der Waals surface area contributed by atoms with Gasteiger partial charge in [0.05, 0.1) is 16.4 Å². The summed E-state index contributed by atoms with van der Waals surface area (Å²) in [4.78, 5) is 16.8. The molecule has 2 aliphatic rings. The second kappa shape index (κ2) is 10.2. The van der Waals surface area contributed by atoms with Crippen LogP contribution in [0.2, 0.25) is 0 Å². The minimum Gasteiger partial charge on any atom is -0.508 e. The molecule has 0 amide bonds. The fourth-order valence-corrected chi connectivity index (χ4v) is 6.20. The number of phenols is 1. The van der Waals surface area contributed by atoms with Gasteiger partial charge in [0.1, 0.15) is 29.4 Å². The summed E-state index contributed by atoms with van der Waals surface area (Å²) in [5.74, 6) is -0.924. The number of nitrogens with zero attached hydrogens (tertiary/aromatic N) is 5. The molecule has 0 bridgehead atoms. The van der Waals surface area contributed by atoms with E-state index >= 15 is 4.39 Å². The number of aliphatic hydroxyl groups is 1. The molecule has 0 unspecified atom stereocenters. The van der Waals surface area contributed by atoms with Crippen molar-refractivity contribution in [1.82, 2.24) is 19.9 Å². The van der Waals surface area contributed by atoms with Crippen LogP contribution in [0.15, 0.2) is 36.5 Å². The molecular formula is C32H32F3N5O3. The topological polar surface area (TPSA) is 94.8 Å². The maximum atomic E-state index is 16.6. The molecule has 43 heavy (non-hydrogen) atoms. The summed E-state index contributed by atoms with van der Waals surface area (Å²) < 4.78 is 51.3. The van der Waals surface area contributed by atoms with Gasteiger partial charge in [-0.05, 0) is 57.4 Å². The number of aromatic nitrogens is 3. The van der Waals surface area contributed by atoms with Gasteiger partial charge in [0.15, 0.2) is 5.82 Å². The van der Waals surface area contributed by atoms with Crippen LogP contribution >= 0.6 is 0 Å². The van der Waals surface area contributed by atoms with E-state index in [2.05, 4.69) is 20.9 Å². The zero-order valence-corrected chi connectivity index (χ0v) is 24.2. The van der Waals surface area contributed by atoms with Crippen molar-refractivity contribution < 1.29 is 28.1 Å². The summed E-state index contributed by atoms with van der Waals surface area (Å²) in [5.41, 5.74) is -1.88. The van der Waals surface area contributed by atoms with Gasteiger partial charge in [-0.2, -0.15) is 9.97 Å². The number of anilines is 1. The first-order chi connectivity index (χ1) is 20.3. The predicted molar refractivity (Wildman–Crippen MR) is 158 cm³/mol. The van der Waals surface area contributed by atoms with Crippen LogP contribution in [0.25, 0.3) is 32.9 Å². The summed E-state index contributed by atoms with van der Waals surface area (Å²) >= 11 is 0. The predicted octanol–water partition coefficient (Wildman–Crippen LogP) is 4.99. The van der Waals surface area contributed by atoms with Crippen molar-refractivity contribution in [3.63, 3.8) is 0 Å². The first kappa shape index (κ1) is 29.0. The third-order valence-corrected chi connectivity index (χ3v) is 8.30. The summed E-state index contributed by atoms with van der Waals surface area (Å²) in [7, 11) is 3.42. The summed E-state index contributed by atoms with van der Waals surface area (Å²) in [5, 5.41) is 22.7. The molecule has 2 aromatic carbocycles. The van der Waals surface area contributed by atoms with E-state index in [1.807, 2.05) is 4.90 Å². The van der Waals surface area contributed by atoms with Gasteiger partial charge in [-0.15, -0.1) is 6.42 Å². The largest absolute Gasteiger partial charge is 0.508 e. The van der Waals surface area contributed by atoms with Gasteiger partial charge in [0.25, 0.3) is 5.92 Å². The number of piperidine rings is 1. The van der Waals surface area contributed by atoms with Crippen molar-refractivity contribution >= 4 is 27.5 Å². The quantitative estimate of drug-likeness (QED) is 0.291. The number of pyridine rings is 1. The fraction of sp³-hybridized carbons (Fsp3) is 0.406. The van der Waals surface area contributed by atoms with Crippen molar-refractivity contribution in [2.45, 2.75) is 37.7 Å². The lowest BCUT2D eigenvalue weighted by atomic mass is 9.95. The molecule has 1 saturated carbocycles. The zero-order chi connectivity index (χ0) is 30.7. The Kier molecular flexibility index (Phi) is 6.90. The number of alkyl halides is 2. The molecule has 4 aromatic rings. The molecule has 11 heteroatoms. The van der Waals surface area contributed by atoms with Gasteiger partial charge in [-0.1, -0.05) is 18.1 Å². The second-order valence-corrected chi connectivity index (χ2v) is 12.3. The van der Waals surface area contributed by atoms with Crippen LogP contribution in [0, 0.1) is 23.6 Å². The first-order valence-corrected chi connectivity index (χ1v) is 14.0. The van der Waals surface area contributed by atoms with Crippen molar-refractivity contribution in [1.29, 1.82) is 0 Å². The molecule has 1 aliphatic carbocycles. The number of aromatic hydroxyl groups is 1. The Hall–Kier alpha value is -4.14. The van der Waals surface area contributed by atoms with Crippen molar-refractivity contribution in [3.8, 4) is 35.4 Å². The average Bonchev–Trinajstić information content (AvgIpc) is 3.48. The second-order valence-electron chi connectivity index (χ2n) is 12.3. The lowest BCUT2D eigenvalue weighted by molar-refractivity contribution is 0.0287. The molecule has 8 nitrogen and oxygen atoms in total. The summed E-state index contributed by atoms with van der Waals surface area (Å²) in [6.45, 7) is 2.19. The third-order valence-electron chi connectivity index (χ3n) is 8.30. The van der Waals surface area contributed by atoms with E-state index in [1.165, 1.54) is 18.3 Å². The number of hydrogen-bond acceptors (Lipinski definition) is 8. The maximum Gasteiger partial charge on any atom is 0.319 e. The number of hydrogen-bond donors (Lipinski definition) is 2. The van der Waals surface area contributed by atoms with E-state index < -0.39 is 22.8 Å². The molecule has 6 rings (SSSR count). The molecule has 1 aliphatic heterocycles. The Morgan fingerprint density at radius 2 is 1.98 bits per heavy atom. The molecule has 2 fully saturated rings. The van der Waals surface area contributed by atoms with Crippen LogP contribution in [0.5, 0.6) is 11.8 Å². The van der Waals surface area contributed by atoms with Crippen LogP contribution in [0.4, 0.5) is 19.0 Å². The highest BCUT2D eigenvalue weighted by molar-refractivity contribution is 6.02. The SMILES string of the molecule is C#Cc1cccc2cc(O)cc(-c3ncc4c(N5CCC[C@@](C)(O)C5)nc(OC[C@]5(CN(C)C)CC5(F)F)nc4c3F)c12. The average molecular weight is 592 g/mol. The highest BCUT2D eigenvalue weighted by Crippen LogP contribution is 2.60. The molecule has 2 N–H and O–H groups in total. The van der Waals surface area contributed by atoms with E-state index in [-0.39, 0.29) is 65.9 Å². The highest BCUT2D eigenvalue weighted by atomic mass is 19.3. The van der Waals surface area contributed by atoms with Crippen LogP contribution in [0.1, 0.15) is 31.7 Å². The molecule has 2 aromatic heterocycles. The van der Waals surface area contributed by atoms with E-state index in [9.17, 15) is 19.0 Å². The molecule has 224 valence electrons. The molecule has 3 heterocycles. The Morgan fingerprint density at radius 3 is 2.65 bits per heavy atom. The number of terminal acetylenes is 1. The number of halogens is 3. The summed E-state index contributed by atoms with van der Waals surface area (Å²) in [6, 6.07) is 7.88. The van der Waals surface area contributed by atoms with Crippen LogP contribution in [-0.2, 0) is 0 Å². The Morgan fingerprint density at radius 1 is 1.21 bits per heavy atom. The molecular weight excluding hydrogens is 559 g/mol. The Balaban J connectivity index is 1.51. The van der Waals surface area contributed by atoms with Crippen LogP contribution in [-0.4, -0.2) is 81.9 Å². The Bertz CT molecular complexity index is 1790. The maximum absolute atomic E-state index is 16.6. The number of benzene rings is 2. The minimum atomic E-state index is -2.91. The smallest absolute Gasteiger partial charge is 0.319 e. The van der Waals surface area contributed by atoms with Gasteiger partial charge in [0, 0.05) is 48.8 Å². The lowest BCUT2D eigenvalue weighted by Gasteiger charge is -2.37. The van der Waals surface area contributed by atoms with Gasteiger partial charge in [-0.3, -0.25) is 4.98 Å². The monoisotopic (exact) mass is 591 g/mol. The normalized spacial score (nSPS) is 23.1. The zero-order valence-electron chi connectivity index (χ0n) is 24.2. The van der Waals surface area contributed by atoms with Crippen LogP contribution < -0.4 is 9.64 Å². The number of ether oxygens (including phenoxy) is 1. The van der Waals surface area contributed by atoms with Crippen molar-refractivity contribution in [2.24, 2.45) is 5.41 Å². The van der Waals surface area contributed by atoms with E-state index in [4.69, 9.17) is 11.2 Å². The van der Waals surface area contributed by atoms with Gasteiger partial charge >= 0.3 is 6.01 Å².